The van der Waals surface area contributed by atoms with E-state index in [-0.39, 0.29) is 10.8 Å². The summed E-state index contributed by atoms with van der Waals surface area (Å²) in [6.45, 7) is 4.58. The maximum atomic E-state index is 6.44. The van der Waals surface area contributed by atoms with Crippen LogP contribution in [-0.4, -0.2) is 24.4 Å². The van der Waals surface area contributed by atoms with Gasteiger partial charge in [-0.15, -0.1) is 0 Å². The van der Waals surface area contributed by atoms with Gasteiger partial charge in [-0.1, -0.05) is 123 Å². The standard InChI is InChI=1S/C41H38ClN2/c1-40(2)35-26-32(42)23-25-36(35)43(3)37(40)20-13-21-38-41(27-29-14-7-5-8-15-29,28-30-16-9-6-10-17-30)34-24-22-31-18-11-12-19-33(31)39(34)44(38)4/h5-26H,27-28H2,1-4H3/q+1. The van der Waals surface area contributed by atoms with Gasteiger partial charge in [0.05, 0.1) is 10.8 Å². The minimum Gasteiger partial charge on any atom is -0.347 e. The third-order valence-electron chi connectivity index (χ3n) is 9.80. The molecule has 2 nitrogen and oxygen atoms in total. The smallest absolute Gasteiger partial charge is 0.217 e. The Morgan fingerprint density at radius 1 is 0.750 bits per heavy atom. The van der Waals surface area contributed by atoms with Gasteiger partial charge in [0.15, 0.2) is 5.71 Å². The van der Waals surface area contributed by atoms with Gasteiger partial charge in [0.25, 0.3) is 0 Å². The second-order valence-corrected chi connectivity index (χ2v) is 13.2. The average molecular weight is 594 g/mol. The molecule has 5 aromatic carbocycles. The lowest BCUT2D eigenvalue weighted by molar-refractivity contribution is -0.400. The molecule has 0 bridgehead atoms. The van der Waals surface area contributed by atoms with E-state index < -0.39 is 0 Å². The first-order valence-corrected chi connectivity index (χ1v) is 15.8. The topological polar surface area (TPSA) is 6.25 Å². The molecule has 2 aliphatic heterocycles. The van der Waals surface area contributed by atoms with Crippen molar-refractivity contribution in [3.05, 3.63) is 166 Å². The normalized spacial score (nSPS) is 17.6. The summed E-state index contributed by atoms with van der Waals surface area (Å²) in [5.41, 5.74) is 10.0. The van der Waals surface area contributed by atoms with Crippen molar-refractivity contribution in [3.8, 4) is 0 Å². The number of nitrogens with zero attached hydrogens (tertiary/aromatic N) is 2. The van der Waals surface area contributed by atoms with Crippen LogP contribution in [0.4, 0.5) is 11.4 Å². The molecule has 0 amide bonds. The molecule has 0 aliphatic carbocycles. The maximum absolute atomic E-state index is 6.44. The molecule has 0 fully saturated rings. The van der Waals surface area contributed by atoms with Crippen molar-refractivity contribution < 1.29 is 4.58 Å². The lowest BCUT2D eigenvalue weighted by Gasteiger charge is -2.28. The molecular formula is C41H38ClN2+. The minimum absolute atomic E-state index is 0.157. The predicted octanol–water partition coefficient (Wildman–Crippen LogP) is 9.81. The molecule has 0 saturated heterocycles. The van der Waals surface area contributed by atoms with Crippen LogP contribution >= 0.6 is 11.6 Å². The number of halogens is 1. The molecule has 3 heteroatoms. The zero-order valence-corrected chi connectivity index (χ0v) is 26.6. The minimum atomic E-state index is -0.251. The predicted molar refractivity (Wildman–Crippen MR) is 187 cm³/mol. The molecule has 0 unspecified atom stereocenters. The van der Waals surface area contributed by atoms with Gasteiger partial charge < -0.3 is 4.90 Å². The lowest BCUT2D eigenvalue weighted by Crippen LogP contribution is -2.38. The van der Waals surface area contributed by atoms with Crippen LogP contribution in [0.5, 0.6) is 0 Å². The van der Waals surface area contributed by atoms with E-state index in [9.17, 15) is 0 Å². The molecule has 0 spiro atoms. The average Bonchev–Trinajstić information content (AvgIpc) is 3.37. The van der Waals surface area contributed by atoms with Gasteiger partial charge in [-0.05, 0) is 65.3 Å². The first-order valence-electron chi connectivity index (χ1n) is 15.4. The molecule has 5 aromatic rings. The molecule has 2 aliphatic rings. The summed E-state index contributed by atoms with van der Waals surface area (Å²) < 4.78 is 2.45. The maximum Gasteiger partial charge on any atom is 0.217 e. The Morgan fingerprint density at radius 3 is 2.07 bits per heavy atom. The molecule has 2 heterocycles. The summed E-state index contributed by atoms with van der Waals surface area (Å²) in [5.74, 6) is 0. The zero-order chi connectivity index (χ0) is 30.5. The zero-order valence-electron chi connectivity index (χ0n) is 25.9. The number of fused-ring (bicyclic) bond motifs is 4. The molecule has 44 heavy (non-hydrogen) atoms. The molecular weight excluding hydrogens is 556 g/mol. The van der Waals surface area contributed by atoms with Crippen LogP contribution in [0.25, 0.3) is 10.8 Å². The van der Waals surface area contributed by atoms with Gasteiger partial charge in [-0.2, -0.15) is 4.58 Å². The molecule has 218 valence electrons. The van der Waals surface area contributed by atoms with E-state index in [1.54, 1.807) is 0 Å². The van der Waals surface area contributed by atoms with Crippen molar-refractivity contribution in [2.75, 3.05) is 19.0 Å². The van der Waals surface area contributed by atoms with Crippen molar-refractivity contribution in [1.82, 2.24) is 0 Å². The summed E-state index contributed by atoms with van der Waals surface area (Å²) in [5, 5.41) is 3.34. The number of rotatable bonds is 6. The largest absolute Gasteiger partial charge is 0.347 e. The highest BCUT2D eigenvalue weighted by Crippen LogP contribution is 2.49. The quantitative estimate of drug-likeness (QED) is 0.178. The van der Waals surface area contributed by atoms with Gasteiger partial charge in [0.2, 0.25) is 5.69 Å². The monoisotopic (exact) mass is 593 g/mol. The summed E-state index contributed by atoms with van der Waals surface area (Å²) in [7, 11) is 4.41. The van der Waals surface area contributed by atoms with E-state index in [0.717, 1.165) is 17.9 Å². The van der Waals surface area contributed by atoms with Crippen molar-refractivity contribution in [2.24, 2.45) is 0 Å². The van der Waals surface area contributed by atoms with Crippen LogP contribution in [0, 0.1) is 0 Å². The summed E-state index contributed by atoms with van der Waals surface area (Å²) in [6, 6.07) is 41.6. The van der Waals surface area contributed by atoms with Crippen molar-refractivity contribution in [2.45, 2.75) is 37.5 Å². The van der Waals surface area contributed by atoms with E-state index in [2.05, 4.69) is 165 Å². The number of likely N-dealkylation sites (N-methyl/N-ethyl adjacent to an activating group) is 1. The van der Waals surface area contributed by atoms with Gasteiger partial charge >= 0.3 is 0 Å². The Labute approximate surface area is 266 Å². The Kier molecular flexibility index (Phi) is 7.06. The summed E-state index contributed by atoms with van der Waals surface area (Å²) in [4.78, 5) is 2.31. The Hall–Kier alpha value is -4.40. The van der Waals surface area contributed by atoms with Crippen molar-refractivity contribution in [3.63, 3.8) is 0 Å². The van der Waals surface area contributed by atoms with Gasteiger partial charge in [0, 0.05) is 40.5 Å². The fourth-order valence-corrected chi connectivity index (χ4v) is 7.89. The molecule has 0 saturated carbocycles. The van der Waals surface area contributed by atoms with Crippen LogP contribution in [-0.2, 0) is 23.7 Å². The summed E-state index contributed by atoms with van der Waals surface area (Å²) >= 11 is 6.44. The Balaban J connectivity index is 1.42. The summed E-state index contributed by atoms with van der Waals surface area (Å²) in [6.07, 6.45) is 8.75. The highest BCUT2D eigenvalue weighted by Gasteiger charge is 2.51. The van der Waals surface area contributed by atoms with Gasteiger partial charge in [0.1, 0.15) is 7.05 Å². The van der Waals surface area contributed by atoms with Crippen LogP contribution in [0.1, 0.15) is 36.1 Å². The third-order valence-corrected chi connectivity index (χ3v) is 10.0. The molecule has 7 rings (SSSR count). The number of benzene rings is 5. The highest BCUT2D eigenvalue weighted by molar-refractivity contribution is 6.30. The van der Waals surface area contributed by atoms with E-state index >= 15 is 0 Å². The van der Waals surface area contributed by atoms with Crippen LogP contribution < -0.4 is 4.90 Å². The number of anilines is 1. The van der Waals surface area contributed by atoms with Crippen LogP contribution in [0.15, 0.2) is 139 Å². The second kappa shape index (κ2) is 10.9. The molecule has 0 radical (unpaired) electrons. The molecule has 0 aromatic heterocycles. The number of hydrogen-bond acceptors (Lipinski definition) is 1. The molecule has 0 atom stereocenters. The van der Waals surface area contributed by atoms with Crippen molar-refractivity contribution in [1.29, 1.82) is 0 Å². The van der Waals surface area contributed by atoms with Crippen molar-refractivity contribution >= 4 is 39.5 Å². The Bertz CT molecular complexity index is 1920. The second-order valence-electron chi connectivity index (χ2n) is 12.8. The van der Waals surface area contributed by atoms with E-state index in [1.165, 1.54) is 55.8 Å². The van der Waals surface area contributed by atoms with E-state index in [1.807, 2.05) is 6.07 Å². The third kappa shape index (κ3) is 4.60. The number of hydrogen-bond donors (Lipinski definition) is 0. The van der Waals surface area contributed by atoms with Gasteiger partial charge in [-0.3, -0.25) is 0 Å². The van der Waals surface area contributed by atoms with Gasteiger partial charge in [-0.25, -0.2) is 0 Å². The lowest BCUT2D eigenvalue weighted by atomic mass is 9.68. The first kappa shape index (κ1) is 28.4. The first-order chi connectivity index (χ1) is 21.3. The van der Waals surface area contributed by atoms with Crippen LogP contribution in [0.2, 0.25) is 5.02 Å². The fourth-order valence-electron chi connectivity index (χ4n) is 7.72. The SMILES string of the molecule is CN1/C(=C/C=C/C2=[N+](C)c3c(ccc4ccccc34)C2(Cc2ccccc2)Cc2ccccc2)C(C)(C)c2cc(Cl)ccc21. The van der Waals surface area contributed by atoms with Crippen LogP contribution in [0.3, 0.4) is 0 Å². The highest BCUT2D eigenvalue weighted by atomic mass is 35.5. The molecule has 0 N–H and O–H groups in total. The number of allylic oxidation sites excluding steroid dienone is 4. The Morgan fingerprint density at radius 2 is 1.39 bits per heavy atom. The van der Waals surface area contributed by atoms with E-state index in [4.69, 9.17) is 11.6 Å². The fraction of sp³-hybridized carbons (Fsp3) is 0.195. The van der Waals surface area contributed by atoms with E-state index in [0.29, 0.717) is 0 Å².